The largest absolute Gasteiger partial charge is 0.369 e. The Kier molecular flexibility index (Phi) is 4.04. The number of halogens is 2. The van der Waals surface area contributed by atoms with Crippen molar-refractivity contribution in [2.24, 2.45) is 0 Å². The second kappa shape index (κ2) is 6.36. The van der Waals surface area contributed by atoms with Gasteiger partial charge in [-0.25, -0.2) is 9.50 Å². The lowest BCUT2D eigenvalue weighted by molar-refractivity contribution is 0.209. The fourth-order valence-electron chi connectivity index (χ4n) is 2.53. The molecule has 1 unspecified atom stereocenters. The van der Waals surface area contributed by atoms with Crippen molar-refractivity contribution in [3.05, 3.63) is 64.7 Å². The van der Waals surface area contributed by atoms with Crippen molar-refractivity contribution in [2.45, 2.75) is 6.23 Å². The van der Waals surface area contributed by atoms with E-state index in [2.05, 4.69) is 25.6 Å². The van der Waals surface area contributed by atoms with Gasteiger partial charge in [0.15, 0.2) is 11.9 Å². The quantitative estimate of drug-likeness (QED) is 0.475. The molecule has 0 aliphatic carbocycles. The maximum Gasteiger partial charge on any atom is 0.162 e. The van der Waals surface area contributed by atoms with Gasteiger partial charge >= 0.3 is 0 Å². The van der Waals surface area contributed by atoms with Crippen molar-refractivity contribution in [1.29, 1.82) is 0 Å². The highest BCUT2D eigenvalue weighted by Gasteiger charge is 2.18. The van der Waals surface area contributed by atoms with E-state index in [1.165, 1.54) is 0 Å². The first kappa shape index (κ1) is 15.9. The summed E-state index contributed by atoms with van der Waals surface area (Å²) in [5, 5.41) is 25.6. The number of anilines is 1. The first-order valence-corrected chi connectivity index (χ1v) is 8.11. The van der Waals surface area contributed by atoms with Gasteiger partial charge in [-0.3, -0.25) is 5.10 Å². The number of benzene rings is 1. The van der Waals surface area contributed by atoms with Gasteiger partial charge in [-0.05, 0) is 18.2 Å². The van der Waals surface area contributed by atoms with Gasteiger partial charge in [0.25, 0.3) is 0 Å². The summed E-state index contributed by atoms with van der Waals surface area (Å²) >= 11 is 12.0. The highest BCUT2D eigenvalue weighted by Crippen LogP contribution is 2.32. The van der Waals surface area contributed by atoms with Crippen LogP contribution >= 0.6 is 23.2 Å². The SMILES string of the molecule is OC(Nc1c[nH]nc1-c1ccc(Cl)c(Cl)c1)c1cnn2cccnc12. The number of aromatic nitrogens is 5. The number of fused-ring (bicyclic) bond motifs is 1. The number of nitrogens with zero attached hydrogens (tertiary/aromatic N) is 4. The molecule has 0 amide bonds. The van der Waals surface area contributed by atoms with Crippen LogP contribution in [0.15, 0.2) is 49.1 Å². The minimum absolute atomic E-state index is 0.431. The van der Waals surface area contributed by atoms with Crippen molar-refractivity contribution >= 4 is 34.5 Å². The number of nitrogens with one attached hydrogen (secondary N) is 2. The van der Waals surface area contributed by atoms with Gasteiger partial charge in [-0.15, -0.1) is 0 Å². The van der Waals surface area contributed by atoms with Crippen LogP contribution in [0.1, 0.15) is 11.8 Å². The molecule has 1 aromatic carbocycles. The molecule has 4 aromatic rings. The van der Waals surface area contributed by atoms with Crippen LogP contribution in [0.25, 0.3) is 16.9 Å². The first-order valence-electron chi connectivity index (χ1n) is 7.35. The summed E-state index contributed by atoms with van der Waals surface area (Å²) in [6, 6.07) is 6.98. The zero-order valence-corrected chi connectivity index (χ0v) is 14.2. The fourth-order valence-corrected chi connectivity index (χ4v) is 2.83. The zero-order chi connectivity index (χ0) is 17.4. The number of aliphatic hydroxyl groups excluding tert-OH is 1. The van der Waals surface area contributed by atoms with Crippen LogP contribution in [-0.2, 0) is 0 Å². The molecule has 9 heteroatoms. The van der Waals surface area contributed by atoms with Crippen LogP contribution in [0, 0.1) is 0 Å². The minimum atomic E-state index is -1.01. The number of hydrogen-bond acceptors (Lipinski definition) is 5. The standard InChI is InChI=1S/C16H12Cl2N6O/c17-11-3-2-9(6-12(11)18)14-13(8-20-23-14)22-16(25)10-7-21-24-5-1-4-19-15(10)24/h1-8,16,22,25H,(H,20,23). The summed E-state index contributed by atoms with van der Waals surface area (Å²) in [7, 11) is 0. The molecule has 0 bridgehead atoms. The van der Waals surface area contributed by atoms with Crippen molar-refractivity contribution in [2.75, 3.05) is 5.32 Å². The summed E-state index contributed by atoms with van der Waals surface area (Å²) in [6.07, 6.45) is 5.62. The third kappa shape index (κ3) is 2.93. The summed E-state index contributed by atoms with van der Waals surface area (Å²) in [5.41, 5.74) is 3.12. The van der Waals surface area contributed by atoms with Crippen molar-refractivity contribution < 1.29 is 5.11 Å². The molecule has 3 heterocycles. The van der Waals surface area contributed by atoms with Crippen LogP contribution in [0.2, 0.25) is 10.0 Å². The molecular weight excluding hydrogens is 363 g/mol. The third-order valence-corrected chi connectivity index (χ3v) is 4.47. The lowest BCUT2D eigenvalue weighted by Gasteiger charge is -2.13. The molecule has 3 aromatic heterocycles. The van der Waals surface area contributed by atoms with Gasteiger partial charge < -0.3 is 10.4 Å². The van der Waals surface area contributed by atoms with E-state index in [1.807, 2.05) is 0 Å². The molecule has 0 saturated carbocycles. The Labute approximate surface area is 152 Å². The average molecular weight is 375 g/mol. The number of H-pyrrole nitrogens is 1. The van der Waals surface area contributed by atoms with E-state index in [4.69, 9.17) is 23.2 Å². The van der Waals surface area contributed by atoms with Crippen LogP contribution in [-0.4, -0.2) is 29.9 Å². The van der Waals surface area contributed by atoms with Gasteiger partial charge in [0.2, 0.25) is 0 Å². The highest BCUT2D eigenvalue weighted by molar-refractivity contribution is 6.42. The molecule has 1 atom stereocenters. The third-order valence-electron chi connectivity index (χ3n) is 3.73. The molecule has 0 aliphatic heterocycles. The van der Waals surface area contributed by atoms with Crippen LogP contribution in [0.4, 0.5) is 5.69 Å². The first-order chi connectivity index (χ1) is 12.1. The van der Waals surface area contributed by atoms with Crippen molar-refractivity contribution in [3.63, 3.8) is 0 Å². The highest BCUT2D eigenvalue weighted by atomic mass is 35.5. The fraction of sp³-hybridized carbons (Fsp3) is 0.0625. The molecular formula is C16H12Cl2N6O. The van der Waals surface area contributed by atoms with E-state index in [-0.39, 0.29) is 0 Å². The lowest BCUT2D eigenvalue weighted by Crippen LogP contribution is -2.10. The zero-order valence-electron chi connectivity index (χ0n) is 12.7. The second-order valence-corrected chi connectivity index (χ2v) is 6.13. The van der Waals surface area contributed by atoms with E-state index in [0.29, 0.717) is 32.6 Å². The Bertz CT molecular complexity index is 1040. The Morgan fingerprint density at radius 3 is 2.96 bits per heavy atom. The predicted molar refractivity (Wildman–Crippen MR) is 95.6 cm³/mol. The Morgan fingerprint density at radius 1 is 1.24 bits per heavy atom. The van der Waals surface area contributed by atoms with Gasteiger partial charge in [0.05, 0.1) is 27.5 Å². The van der Waals surface area contributed by atoms with Crippen molar-refractivity contribution in [1.82, 2.24) is 24.8 Å². The van der Waals surface area contributed by atoms with Gasteiger partial charge in [0, 0.05) is 24.2 Å². The maximum absolute atomic E-state index is 10.6. The maximum atomic E-state index is 10.6. The molecule has 0 spiro atoms. The summed E-state index contributed by atoms with van der Waals surface area (Å²) in [6.45, 7) is 0. The molecule has 3 N–H and O–H groups in total. The average Bonchev–Trinajstić information content (AvgIpc) is 3.24. The summed E-state index contributed by atoms with van der Waals surface area (Å²) in [4.78, 5) is 4.24. The number of aromatic amines is 1. The normalized spacial score (nSPS) is 12.4. The monoisotopic (exact) mass is 374 g/mol. The van der Waals surface area contributed by atoms with Gasteiger partial charge in [-0.1, -0.05) is 29.3 Å². The van der Waals surface area contributed by atoms with E-state index in [9.17, 15) is 5.11 Å². The Balaban J connectivity index is 1.65. The smallest absolute Gasteiger partial charge is 0.162 e. The molecule has 0 fully saturated rings. The molecule has 126 valence electrons. The Hall–Kier alpha value is -2.61. The number of rotatable bonds is 4. The number of hydrogen-bond donors (Lipinski definition) is 3. The van der Waals surface area contributed by atoms with Gasteiger partial charge in [0.1, 0.15) is 5.69 Å². The summed E-state index contributed by atoms with van der Waals surface area (Å²) < 4.78 is 1.59. The molecule has 25 heavy (non-hydrogen) atoms. The van der Waals surface area contributed by atoms with E-state index >= 15 is 0 Å². The topological polar surface area (TPSA) is 91.1 Å². The minimum Gasteiger partial charge on any atom is -0.369 e. The van der Waals surface area contributed by atoms with Crippen LogP contribution in [0.3, 0.4) is 0 Å². The van der Waals surface area contributed by atoms with Crippen LogP contribution < -0.4 is 5.32 Å². The van der Waals surface area contributed by atoms with Gasteiger partial charge in [-0.2, -0.15) is 10.2 Å². The number of aliphatic hydroxyl groups is 1. The summed E-state index contributed by atoms with van der Waals surface area (Å²) in [5.74, 6) is 0. The molecule has 0 radical (unpaired) electrons. The second-order valence-electron chi connectivity index (χ2n) is 5.31. The lowest BCUT2D eigenvalue weighted by atomic mass is 10.1. The molecule has 0 aliphatic rings. The van der Waals surface area contributed by atoms with E-state index < -0.39 is 6.23 Å². The van der Waals surface area contributed by atoms with Crippen molar-refractivity contribution in [3.8, 4) is 11.3 Å². The van der Waals surface area contributed by atoms with Crippen LogP contribution in [0.5, 0.6) is 0 Å². The molecule has 0 saturated heterocycles. The van der Waals surface area contributed by atoms with E-state index in [0.717, 1.165) is 5.56 Å². The Morgan fingerprint density at radius 2 is 2.12 bits per heavy atom. The van der Waals surface area contributed by atoms with E-state index in [1.54, 1.807) is 53.6 Å². The molecule has 4 rings (SSSR count). The molecule has 7 nitrogen and oxygen atoms in total. The predicted octanol–water partition coefficient (Wildman–Crippen LogP) is 3.53.